The van der Waals surface area contributed by atoms with E-state index in [-0.39, 0.29) is 26.4 Å². The van der Waals surface area contributed by atoms with Crippen LogP contribution < -0.4 is 0 Å². The van der Waals surface area contributed by atoms with Gasteiger partial charge in [0.2, 0.25) is 0 Å². The maximum absolute atomic E-state index is 10.7. The van der Waals surface area contributed by atoms with Crippen molar-refractivity contribution in [2.75, 3.05) is 52.6 Å². The number of rotatable bonds is 8. The minimum atomic E-state index is -6.09. The monoisotopic (exact) mass is 343 g/mol. The van der Waals surface area contributed by atoms with Crippen LogP contribution in [0.5, 0.6) is 0 Å². The minimum Gasteiger partial charge on any atom is -0.741 e. The Morgan fingerprint density at radius 1 is 0.810 bits per heavy atom. The fourth-order valence-electron chi connectivity index (χ4n) is 1.52. The molecule has 8 nitrogen and oxygen atoms in total. The fourth-order valence-corrected chi connectivity index (χ4v) is 1.52. The second-order valence-electron chi connectivity index (χ2n) is 4.03. The smallest absolute Gasteiger partial charge is 0.485 e. The van der Waals surface area contributed by atoms with Crippen LogP contribution in [0.2, 0.25) is 0 Å². The summed E-state index contributed by atoms with van der Waals surface area (Å²) in [5.41, 5.74) is -5.65. The molecule has 0 aromatic rings. The molecule has 4 N–H and O–H groups in total. The van der Waals surface area contributed by atoms with E-state index in [0.717, 1.165) is 0 Å². The molecule has 0 aliphatic carbocycles. The van der Waals surface area contributed by atoms with Gasteiger partial charge < -0.3 is 29.5 Å². The van der Waals surface area contributed by atoms with Gasteiger partial charge in [-0.2, -0.15) is 13.2 Å². The zero-order valence-corrected chi connectivity index (χ0v) is 12.0. The first-order valence-electron chi connectivity index (χ1n) is 5.80. The second-order valence-corrected chi connectivity index (χ2v) is 5.40. The Balaban J connectivity index is 0. The van der Waals surface area contributed by atoms with Crippen molar-refractivity contribution in [2.45, 2.75) is 5.51 Å². The van der Waals surface area contributed by atoms with Gasteiger partial charge in [0.05, 0.1) is 26.4 Å². The molecule has 0 spiro atoms. The van der Waals surface area contributed by atoms with Gasteiger partial charge in [0.25, 0.3) is 0 Å². The molecular weight excluding hydrogens is 323 g/mol. The van der Waals surface area contributed by atoms with Crippen molar-refractivity contribution >= 4 is 10.1 Å². The van der Waals surface area contributed by atoms with E-state index in [0.29, 0.717) is 30.7 Å². The highest BCUT2D eigenvalue weighted by Gasteiger charge is 2.36. The third kappa shape index (κ3) is 9.95. The van der Waals surface area contributed by atoms with Gasteiger partial charge in [-0.1, -0.05) is 0 Å². The minimum absolute atomic E-state index is 0. The Hall–Kier alpha value is -0.500. The normalized spacial score (nSPS) is 12.8. The molecule has 130 valence electrons. The zero-order valence-electron chi connectivity index (χ0n) is 11.2. The molecule has 0 saturated carbocycles. The lowest BCUT2D eigenvalue weighted by atomic mass is 10.3. The van der Waals surface area contributed by atoms with Crippen LogP contribution in [0.1, 0.15) is 0 Å². The summed E-state index contributed by atoms with van der Waals surface area (Å²) in [6.07, 6.45) is 0. The molecule has 0 aromatic carbocycles. The van der Waals surface area contributed by atoms with Crippen molar-refractivity contribution in [3.8, 4) is 0 Å². The van der Waals surface area contributed by atoms with Gasteiger partial charge in [-0.05, 0) is 0 Å². The molecule has 12 heteroatoms. The average Bonchev–Trinajstić information content (AvgIpc) is 2.28. The SMILES string of the molecule is O=S(=O)([O-])C(F)(F)F.OCC[N+](CCO)(CCO)CCO. The molecule has 0 heterocycles. The van der Waals surface area contributed by atoms with Gasteiger partial charge in [0.1, 0.15) is 26.2 Å². The quantitative estimate of drug-likeness (QED) is 0.223. The summed E-state index contributed by atoms with van der Waals surface area (Å²) in [6, 6.07) is 0. The van der Waals surface area contributed by atoms with Crippen LogP contribution in [-0.4, -0.2) is 96.0 Å². The summed E-state index contributed by atoms with van der Waals surface area (Å²) in [4.78, 5) is 0. The highest BCUT2D eigenvalue weighted by molar-refractivity contribution is 7.86. The first-order chi connectivity index (χ1) is 9.49. The Labute approximate surface area is 120 Å². The van der Waals surface area contributed by atoms with Crippen molar-refractivity contribution in [3.05, 3.63) is 0 Å². The largest absolute Gasteiger partial charge is 0.741 e. The van der Waals surface area contributed by atoms with Gasteiger partial charge in [0.15, 0.2) is 10.1 Å². The Bertz CT molecular complexity index is 331. The summed E-state index contributed by atoms with van der Waals surface area (Å²) >= 11 is 0. The van der Waals surface area contributed by atoms with Crippen LogP contribution >= 0.6 is 0 Å². The van der Waals surface area contributed by atoms with Gasteiger partial charge in [-0.3, -0.25) is 0 Å². The van der Waals surface area contributed by atoms with Crippen LogP contribution in [0.25, 0.3) is 0 Å². The lowest BCUT2D eigenvalue weighted by Gasteiger charge is -2.36. The summed E-state index contributed by atoms with van der Waals surface area (Å²) in [5, 5.41) is 35.3. The van der Waals surface area contributed by atoms with Crippen molar-refractivity contribution in [1.82, 2.24) is 0 Å². The van der Waals surface area contributed by atoms with Gasteiger partial charge >= 0.3 is 5.51 Å². The number of aliphatic hydroxyl groups excluding tert-OH is 4. The van der Waals surface area contributed by atoms with Crippen LogP contribution in [0, 0.1) is 0 Å². The van der Waals surface area contributed by atoms with E-state index in [2.05, 4.69) is 0 Å². The van der Waals surface area contributed by atoms with E-state index in [4.69, 9.17) is 33.4 Å². The lowest BCUT2D eigenvalue weighted by Crippen LogP contribution is -2.54. The average molecular weight is 343 g/mol. The topological polar surface area (TPSA) is 138 Å². The van der Waals surface area contributed by atoms with Crippen molar-refractivity contribution in [1.29, 1.82) is 0 Å². The van der Waals surface area contributed by atoms with Crippen molar-refractivity contribution in [3.63, 3.8) is 0 Å². The molecule has 0 aliphatic heterocycles. The molecule has 0 rings (SSSR count). The van der Waals surface area contributed by atoms with E-state index in [1.165, 1.54) is 0 Å². The molecule has 21 heavy (non-hydrogen) atoms. The molecule has 0 aromatic heterocycles. The number of alkyl halides is 3. The Kier molecular flexibility index (Phi) is 11.1. The molecule has 0 unspecified atom stereocenters. The fraction of sp³-hybridized carbons (Fsp3) is 1.00. The van der Waals surface area contributed by atoms with Gasteiger partial charge in [-0.15, -0.1) is 0 Å². The summed E-state index contributed by atoms with van der Waals surface area (Å²) in [5.74, 6) is 0. The van der Waals surface area contributed by atoms with Crippen molar-refractivity contribution in [2.24, 2.45) is 0 Å². The van der Waals surface area contributed by atoms with Crippen molar-refractivity contribution < 1.29 is 51.1 Å². The number of hydrogen-bond donors (Lipinski definition) is 4. The molecule has 0 bridgehead atoms. The number of quaternary nitrogens is 1. The van der Waals surface area contributed by atoms with E-state index >= 15 is 0 Å². The van der Waals surface area contributed by atoms with Crippen LogP contribution in [0.4, 0.5) is 13.2 Å². The number of aliphatic hydroxyl groups is 4. The molecule has 0 saturated heterocycles. The van der Waals surface area contributed by atoms with Gasteiger partial charge in [-0.25, -0.2) is 8.42 Å². The zero-order chi connectivity index (χ0) is 17.2. The third-order valence-electron chi connectivity index (χ3n) is 2.58. The molecular formula is C9H20F3NO7S. The van der Waals surface area contributed by atoms with Gasteiger partial charge in [0, 0.05) is 0 Å². The summed E-state index contributed by atoms with van der Waals surface area (Å²) in [6.45, 7) is 1.84. The summed E-state index contributed by atoms with van der Waals surface area (Å²) < 4.78 is 59.3. The van der Waals surface area contributed by atoms with E-state index in [1.54, 1.807) is 0 Å². The van der Waals surface area contributed by atoms with E-state index in [1.807, 2.05) is 0 Å². The molecule has 0 amide bonds. The highest BCUT2D eigenvalue weighted by Crippen LogP contribution is 2.20. The first-order valence-corrected chi connectivity index (χ1v) is 7.21. The van der Waals surface area contributed by atoms with E-state index < -0.39 is 15.6 Å². The maximum Gasteiger partial charge on any atom is 0.485 e. The second kappa shape index (κ2) is 10.3. The van der Waals surface area contributed by atoms with Crippen LogP contribution in [0.3, 0.4) is 0 Å². The lowest BCUT2D eigenvalue weighted by molar-refractivity contribution is -0.929. The first kappa shape index (κ1) is 22.8. The van der Waals surface area contributed by atoms with E-state index in [9.17, 15) is 13.2 Å². The van der Waals surface area contributed by atoms with Crippen LogP contribution in [-0.2, 0) is 10.1 Å². The number of nitrogens with zero attached hydrogens (tertiary/aromatic N) is 1. The highest BCUT2D eigenvalue weighted by atomic mass is 32.2. The third-order valence-corrected chi connectivity index (χ3v) is 3.15. The Morgan fingerprint density at radius 2 is 1.00 bits per heavy atom. The number of hydrogen-bond acceptors (Lipinski definition) is 7. The number of halogens is 3. The Morgan fingerprint density at radius 3 is 1.10 bits per heavy atom. The molecule has 0 aliphatic rings. The molecule has 0 radical (unpaired) electrons. The molecule has 0 atom stereocenters. The molecule has 0 fully saturated rings. The predicted octanol–water partition coefficient (Wildman–Crippen LogP) is -2.18. The summed E-state index contributed by atoms with van der Waals surface area (Å²) in [7, 11) is -6.09. The maximum atomic E-state index is 10.7. The van der Waals surface area contributed by atoms with Crippen LogP contribution in [0.15, 0.2) is 0 Å². The predicted molar refractivity (Wildman–Crippen MR) is 63.8 cm³/mol. The standard InChI is InChI=1S/C8H20NO4.CHF3O3S/c10-5-1-9(2-6-11,3-7-12)4-8-13;2-1(3,4)8(5,6)7/h10-13H,1-8H2;(H,5,6,7)/q+1;/p-1.